The van der Waals surface area contributed by atoms with E-state index in [9.17, 15) is 4.79 Å². The zero-order valence-electron chi connectivity index (χ0n) is 16.7. The van der Waals surface area contributed by atoms with Crippen molar-refractivity contribution in [1.82, 2.24) is 19.9 Å². The molecule has 4 heterocycles. The van der Waals surface area contributed by atoms with E-state index in [1.165, 1.54) is 0 Å². The Bertz CT molecular complexity index is 1180. The Hall–Kier alpha value is -3.48. The number of anilines is 2. The lowest BCUT2D eigenvalue weighted by Gasteiger charge is -2.33. The highest BCUT2D eigenvalue weighted by Crippen LogP contribution is 2.28. The summed E-state index contributed by atoms with van der Waals surface area (Å²) >= 11 is 0. The van der Waals surface area contributed by atoms with E-state index < -0.39 is 0 Å². The Balaban J connectivity index is 1.22. The largest absolute Gasteiger partial charge is 0.376 e. The van der Waals surface area contributed by atoms with Crippen LogP contribution in [0.15, 0.2) is 55.1 Å². The molecule has 1 fully saturated rings. The van der Waals surface area contributed by atoms with E-state index in [1.807, 2.05) is 42.6 Å². The number of aromatic amines is 1. The van der Waals surface area contributed by atoms with Crippen LogP contribution in [0.2, 0.25) is 0 Å². The quantitative estimate of drug-likeness (QED) is 0.512. The van der Waals surface area contributed by atoms with Crippen molar-refractivity contribution in [1.29, 1.82) is 0 Å². The van der Waals surface area contributed by atoms with E-state index in [-0.39, 0.29) is 5.78 Å². The zero-order valence-corrected chi connectivity index (χ0v) is 16.7. The average molecular weight is 400 g/mol. The van der Waals surface area contributed by atoms with Gasteiger partial charge in [-0.1, -0.05) is 18.2 Å². The molecule has 1 unspecified atom stereocenters. The predicted octanol–water partition coefficient (Wildman–Crippen LogP) is 3.79. The second-order valence-corrected chi connectivity index (χ2v) is 7.87. The molecule has 3 aromatic heterocycles. The van der Waals surface area contributed by atoms with Crippen molar-refractivity contribution in [3.8, 4) is 0 Å². The first-order valence-electron chi connectivity index (χ1n) is 10.4. The molecule has 0 aliphatic carbocycles. The van der Waals surface area contributed by atoms with Crippen molar-refractivity contribution in [2.75, 3.05) is 29.9 Å². The number of ketones is 1. The van der Waals surface area contributed by atoms with Crippen LogP contribution in [0, 0.1) is 5.92 Å². The number of hydrogen-bond acceptors (Lipinski definition) is 6. The molecule has 0 bridgehead atoms. The SMILES string of the molecule is O=C(CNc1cccc2cccnc12)CC1CCCN(c2ncnc3[nH]ccc23)C1. The van der Waals surface area contributed by atoms with Gasteiger partial charge >= 0.3 is 0 Å². The van der Waals surface area contributed by atoms with Gasteiger partial charge in [0, 0.05) is 37.3 Å². The molecule has 30 heavy (non-hydrogen) atoms. The Morgan fingerprint density at radius 1 is 1.17 bits per heavy atom. The standard InChI is InChI=1S/C23H24N6O/c30-18(13-26-20-7-1-5-17-6-2-9-24-21(17)20)12-16-4-3-11-29(14-16)23-19-8-10-25-22(19)27-15-28-23/h1-2,5-10,15-16,26H,3-4,11-14H2,(H,25,27,28). The number of Topliss-reactive ketones (excluding diaryl/α,β-unsaturated/α-hetero) is 1. The van der Waals surface area contributed by atoms with Crippen molar-refractivity contribution >= 4 is 39.2 Å². The number of H-pyrrole nitrogens is 1. The third kappa shape index (κ3) is 3.70. The van der Waals surface area contributed by atoms with Crippen LogP contribution in [-0.2, 0) is 4.79 Å². The number of para-hydroxylation sites is 1. The van der Waals surface area contributed by atoms with E-state index in [4.69, 9.17) is 0 Å². The molecule has 152 valence electrons. The number of piperidine rings is 1. The number of nitrogens with one attached hydrogen (secondary N) is 2. The lowest BCUT2D eigenvalue weighted by atomic mass is 9.92. The minimum absolute atomic E-state index is 0.226. The molecular formula is C23H24N6O. The van der Waals surface area contributed by atoms with Crippen LogP contribution >= 0.6 is 0 Å². The first-order valence-corrected chi connectivity index (χ1v) is 10.4. The summed E-state index contributed by atoms with van der Waals surface area (Å²) < 4.78 is 0. The van der Waals surface area contributed by atoms with Crippen molar-refractivity contribution in [2.24, 2.45) is 5.92 Å². The normalized spacial score (nSPS) is 16.8. The van der Waals surface area contributed by atoms with Gasteiger partial charge in [0.15, 0.2) is 5.78 Å². The van der Waals surface area contributed by atoms with Gasteiger partial charge in [-0.05, 0) is 37.0 Å². The number of rotatable bonds is 6. The van der Waals surface area contributed by atoms with Crippen LogP contribution in [0.25, 0.3) is 21.9 Å². The van der Waals surface area contributed by atoms with Gasteiger partial charge in [0.1, 0.15) is 17.8 Å². The van der Waals surface area contributed by atoms with Crippen LogP contribution < -0.4 is 10.2 Å². The highest BCUT2D eigenvalue weighted by atomic mass is 16.1. The Labute approximate surface area is 174 Å². The van der Waals surface area contributed by atoms with Crippen LogP contribution in [0.1, 0.15) is 19.3 Å². The molecule has 0 radical (unpaired) electrons. The number of hydrogen-bond donors (Lipinski definition) is 2. The monoisotopic (exact) mass is 400 g/mol. The van der Waals surface area contributed by atoms with Crippen molar-refractivity contribution in [2.45, 2.75) is 19.3 Å². The fourth-order valence-electron chi connectivity index (χ4n) is 4.37. The smallest absolute Gasteiger partial charge is 0.152 e. The van der Waals surface area contributed by atoms with Gasteiger partial charge in [-0.2, -0.15) is 0 Å². The minimum Gasteiger partial charge on any atom is -0.376 e. The first-order chi connectivity index (χ1) is 14.8. The molecule has 5 rings (SSSR count). The molecule has 1 saturated heterocycles. The summed E-state index contributed by atoms with van der Waals surface area (Å²) in [5, 5.41) is 5.40. The minimum atomic E-state index is 0.226. The summed E-state index contributed by atoms with van der Waals surface area (Å²) in [6.45, 7) is 2.13. The van der Waals surface area contributed by atoms with E-state index in [2.05, 4.69) is 30.2 Å². The maximum atomic E-state index is 12.7. The number of carbonyl (C=O) groups is 1. The van der Waals surface area contributed by atoms with Gasteiger partial charge < -0.3 is 15.2 Å². The van der Waals surface area contributed by atoms with E-state index in [0.29, 0.717) is 18.9 Å². The molecule has 1 aromatic carbocycles. The number of nitrogens with zero attached hydrogens (tertiary/aromatic N) is 4. The fraction of sp³-hybridized carbons (Fsp3) is 0.304. The fourth-order valence-corrected chi connectivity index (χ4v) is 4.37. The molecule has 0 spiro atoms. The third-order valence-corrected chi connectivity index (χ3v) is 5.78. The average Bonchev–Trinajstić information content (AvgIpc) is 3.27. The molecule has 1 atom stereocenters. The Morgan fingerprint density at radius 3 is 3.07 bits per heavy atom. The van der Waals surface area contributed by atoms with Crippen molar-refractivity contribution in [3.63, 3.8) is 0 Å². The van der Waals surface area contributed by atoms with Gasteiger partial charge in [0.05, 0.1) is 23.1 Å². The molecule has 0 saturated carbocycles. The second-order valence-electron chi connectivity index (χ2n) is 7.87. The Kier molecular flexibility index (Phi) is 5.01. The first kappa shape index (κ1) is 18.5. The summed E-state index contributed by atoms with van der Waals surface area (Å²) in [6, 6.07) is 12.0. The molecule has 7 nitrogen and oxygen atoms in total. The van der Waals surface area contributed by atoms with Crippen LogP contribution in [0.4, 0.5) is 11.5 Å². The van der Waals surface area contributed by atoms with E-state index in [0.717, 1.165) is 59.4 Å². The summed E-state index contributed by atoms with van der Waals surface area (Å²) in [6.07, 6.45) is 7.98. The van der Waals surface area contributed by atoms with Gasteiger partial charge in [0.2, 0.25) is 0 Å². The summed E-state index contributed by atoms with van der Waals surface area (Å²) in [7, 11) is 0. The summed E-state index contributed by atoms with van der Waals surface area (Å²) in [4.78, 5) is 31.4. The number of benzene rings is 1. The molecule has 0 amide bonds. The highest BCUT2D eigenvalue weighted by molar-refractivity contribution is 5.92. The van der Waals surface area contributed by atoms with Gasteiger partial charge in [-0.25, -0.2) is 9.97 Å². The number of aromatic nitrogens is 4. The van der Waals surface area contributed by atoms with Crippen molar-refractivity contribution < 1.29 is 4.79 Å². The molecule has 1 aliphatic heterocycles. The van der Waals surface area contributed by atoms with Gasteiger partial charge in [-0.15, -0.1) is 0 Å². The molecule has 4 aromatic rings. The lowest BCUT2D eigenvalue weighted by Crippen LogP contribution is -2.37. The maximum absolute atomic E-state index is 12.7. The lowest BCUT2D eigenvalue weighted by molar-refractivity contribution is -0.118. The van der Waals surface area contributed by atoms with Crippen LogP contribution in [-0.4, -0.2) is 45.4 Å². The molecule has 2 N–H and O–H groups in total. The van der Waals surface area contributed by atoms with Crippen molar-refractivity contribution in [3.05, 3.63) is 55.1 Å². The van der Waals surface area contributed by atoms with E-state index >= 15 is 0 Å². The van der Waals surface area contributed by atoms with E-state index in [1.54, 1.807) is 12.5 Å². The zero-order chi connectivity index (χ0) is 20.3. The number of fused-ring (bicyclic) bond motifs is 2. The van der Waals surface area contributed by atoms with Crippen LogP contribution in [0.5, 0.6) is 0 Å². The maximum Gasteiger partial charge on any atom is 0.152 e. The summed E-state index contributed by atoms with van der Waals surface area (Å²) in [5.74, 6) is 1.52. The molecule has 7 heteroatoms. The predicted molar refractivity (Wildman–Crippen MR) is 119 cm³/mol. The highest BCUT2D eigenvalue weighted by Gasteiger charge is 2.24. The number of carbonyl (C=O) groups excluding carboxylic acids is 1. The topological polar surface area (TPSA) is 86.8 Å². The Morgan fingerprint density at radius 2 is 2.10 bits per heavy atom. The molecular weight excluding hydrogens is 376 g/mol. The van der Waals surface area contributed by atoms with Gasteiger partial charge in [0.25, 0.3) is 0 Å². The van der Waals surface area contributed by atoms with Crippen LogP contribution in [0.3, 0.4) is 0 Å². The number of pyridine rings is 1. The summed E-state index contributed by atoms with van der Waals surface area (Å²) in [5.41, 5.74) is 2.66. The van der Waals surface area contributed by atoms with Gasteiger partial charge in [-0.3, -0.25) is 9.78 Å². The third-order valence-electron chi connectivity index (χ3n) is 5.78. The second kappa shape index (κ2) is 8.10. The molecule has 1 aliphatic rings.